The molecule has 2 aromatic rings. The molecule has 8 heteroatoms. The highest BCUT2D eigenvalue weighted by molar-refractivity contribution is 6.30. The molecule has 1 aliphatic rings. The molecule has 0 bridgehead atoms. The van der Waals surface area contributed by atoms with Gasteiger partial charge in [0.2, 0.25) is 0 Å². The highest BCUT2D eigenvalue weighted by Gasteiger charge is 2.22. The number of hydrogen-bond acceptors (Lipinski definition) is 4. The predicted molar refractivity (Wildman–Crippen MR) is 105 cm³/mol. The molecular weight excluding hydrogens is 385 g/mol. The van der Waals surface area contributed by atoms with Crippen LogP contribution in [0.1, 0.15) is 15.9 Å². The van der Waals surface area contributed by atoms with Gasteiger partial charge in [-0.3, -0.25) is 4.90 Å². The maximum absolute atomic E-state index is 11.3. The van der Waals surface area contributed by atoms with Crippen LogP contribution in [0.3, 0.4) is 0 Å². The first kappa shape index (κ1) is 21.5. The number of benzene rings is 1. The lowest BCUT2D eigenvalue weighted by atomic mass is 10.2. The molecule has 2 heterocycles. The normalized spacial score (nSPS) is 14.4. The molecule has 0 aliphatic carbocycles. The zero-order chi connectivity index (χ0) is 16.2. The van der Waals surface area contributed by atoms with Crippen molar-refractivity contribution in [2.75, 3.05) is 31.1 Å². The number of anilines is 1. The zero-order valence-corrected chi connectivity index (χ0v) is 15.9. The molecule has 0 unspecified atom stereocenters. The third-order valence-corrected chi connectivity index (χ3v) is 4.26. The minimum Gasteiger partial charge on any atom is -0.478 e. The third-order valence-electron chi connectivity index (χ3n) is 4.01. The fourth-order valence-corrected chi connectivity index (χ4v) is 2.91. The molecule has 1 fully saturated rings. The second-order valence-electron chi connectivity index (χ2n) is 5.57. The molecule has 1 aromatic carbocycles. The molecule has 0 radical (unpaired) electrons. The van der Waals surface area contributed by atoms with Crippen LogP contribution in [-0.4, -0.2) is 47.1 Å². The number of aromatic nitrogens is 1. The van der Waals surface area contributed by atoms with Crippen molar-refractivity contribution < 1.29 is 9.90 Å². The summed E-state index contributed by atoms with van der Waals surface area (Å²) in [5, 5.41) is 10.0. The molecule has 0 amide bonds. The lowest BCUT2D eigenvalue weighted by Gasteiger charge is -2.35. The van der Waals surface area contributed by atoms with E-state index in [1.54, 1.807) is 18.3 Å². The third kappa shape index (κ3) is 5.47. The van der Waals surface area contributed by atoms with Gasteiger partial charge >= 0.3 is 5.97 Å². The van der Waals surface area contributed by atoms with E-state index in [0.29, 0.717) is 5.82 Å². The highest BCUT2D eigenvalue weighted by atomic mass is 35.5. The van der Waals surface area contributed by atoms with Crippen molar-refractivity contribution in [2.45, 2.75) is 6.54 Å². The Bertz CT molecular complexity index is 690. The monoisotopic (exact) mass is 403 g/mol. The first-order valence-corrected chi connectivity index (χ1v) is 7.91. The first-order valence-electron chi connectivity index (χ1n) is 7.53. The Kier molecular flexibility index (Phi) is 8.45. The molecule has 3 rings (SSSR count). The number of hydrogen-bond donors (Lipinski definition) is 1. The van der Waals surface area contributed by atoms with E-state index in [-0.39, 0.29) is 30.4 Å². The molecule has 136 valence electrons. The molecule has 5 nitrogen and oxygen atoms in total. The molecule has 1 aliphatic heterocycles. The lowest BCUT2D eigenvalue weighted by molar-refractivity contribution is 0.0697. The van der Waals surface area contributed by atoms with Crippen LogP contribution in [-0.2, 0) is 6.54 Å². The lowest BCUT2D eigenvalue weighted by Crippen LogP contribution is -2.46. The minimum absolute atomic E-state index is 0. The summed E-state index contributed by atoms with van der Waals surface area (Å²) in [5.41, 5.74) is 1.49. The molecule has 1 N–H and O–H groups in total. The van der Waals surface area contributed by atoms with Crippen LogP contribution < -0.4 is 4.90 Å². The van der Waals surface area contributed by atoms with Gasteiger partial charge in [0.25, 0.3) is 0 Å². The van der Waals surface area contributed by atoms with Gasteiger partial charge in [-0.15, -0.1) is 24.8 Å². The van der Waals surface area contributed by atoms with Crippen molar-refractivity contribution in [1.29, 1.82) is 0 Å². The average Bonchev–Trinajstić information content (AvgIpc) is 2.58. The van der Waals surface area contributed by atoms with Gasteiger partial charge in [-0.25, -0.2) is 9.78 Å². The van der Waals surface area contributed by atoms with E-state index >= 15 is 0 Å². The second kappa shape index (κ2) is 9.82. The van der Waals surface area contributed by atoms with E-state index in [4.69, 9.17) is 11.6 Å². The molecule has 0 spiro atoms. The number of aromatic carboxylic acids is 1. The number of rotatable bonds is 4. The summed E-state index contributed by atoms with van der Waals surface area (Å²) in [7, 11) is 0. The van der Waals surface area contributed by atoms with Crippen LogP contribution in [0.15, 0.2) is 42.6 Å². The number of carbonyl (C=O) groups is 1. The van der Waals surface area contributed by atoms with Crippen LogP contribution in [0.5, 0.6) is 0 Å². The minimum atomic E-state index is -0.934. The van der Waals surface area contributed by atoms with Gasteiger partial charge in [0, 0.05) is 43.9 Å². The van der Waals surface area contributed by atoms with E-state index in [1.165, 1.54) is 5.56 Å². The Labute approximate surface area is 164 Å². The number of carboxylic acids is 1. The molecule has 0 atom stereocenters. The summed E-state index contributed by atoms with van der Waals surface area (Å²) in [5.74, 6) is -0.372. The number of pyridine rings is 1. The van der Waals surface area contributed by atoms with Gasteiger partial charge in [-0.1, -0.05) is 23.7 Å². The topological polar surface area (TPSA) is 56.7 Å². The van der Waals surface area contributed by atoms with Gasteiger partial charge in [-0.2, -0.15) is 0 Å². The van der Waals surface area contributed by atoms with Crippen molar-refractivity contribution >= 4 is 48.2 Å². The number of piperazine rings is 1. The number of carboxylic acid groups (broad SMARTS) is 1. The molecule has 1 aromatic heterocycles. The van der Waals surface area contributed by atoms with Gasteiger partial charge in [-0.05, 0) is 29.8 Å². The number of halogens is 3. The fourth-order valence-electron chi connectivity index (χ4n) is 2.78. The van der Waals surface area contributed by atoms with Crippen molar-refractivity contribution in [3.8, 4) is 0 Å². The van der Waals surface area contributed by atoms with Crippen LogP contribution >= 0.6 is 36.4 Å². The van der Waals surface area contributed by atoms with Crippen LogP contribution in [0.4, 0.5) is 5.82 Å². The molecule has 1 saturated heterocycles. The van der Waals surface area contributed by atoms with Gasteiger partial charge in [0.05, 0.1) is 0 Å². The Balaban J connectivity index is 0.00000156. The van der Waals surface area contributed by atoms with E-state index in [0.717, 1.165) is 37.7 Å². The summed E-state index contributed by atoms with van der Waals surface area (Å²) in [6.45, 7) is 4.16. The molecule has 25 heavy (non-hydrogen) atoms. The summed E-state index contributed by atoms with van der Waals surface area (Å²) in [4.78, 5) is 20.0. The SMILES string of the molecule is Cl.Cl.O=C(O)c1cccnc1N1CCN(Cc2ccc(Cl)cc2)CC1. The standard InChI is InChI=1S/C17H18ClN3O2.2ClH/c18-14-5-3-13(4-6-14)12-20-8-10-21(11-9-20)16-15(17(22)23)2-1-7-19-16;;/h1-7H,8-12H2,(H,22,23);2*1H. The fraction of sp³-hybridized carbons (Fsp3) is 0.294. The van der Waals surface area contributed by atoms with E-state index in [9.17, 15) is 9.90 Å². The summed E-state index contributed by atoms with van der Waals surface area (Å²) in [6, 6.07) is 11.1. The smallest absolute Gasteiger partial charge is 0.339 e. The quantitative estimate of drug-likeness (QED) is 0.844. The summed E-state index contributed by atoms with van der Waals surface area (Å²) < 4.78 is 0. The Morgan fingerprint density at radius 2 is 1.72 bits per heavy atom. The van der Waals surface area contributed by atoms with Gasteiger partial charge in [0.15, 0.2) is 0 Å². The Morgan fingerprint density at radius 3 is 2.32 bits per heavy atom. The van der Waals surface area contributed by atoms with Crippen LogP contribution in [0.25, 0.3) is 0 Å². The Hall–Kier alpha value is -1.53. The van der Waals surface area contributed by atoms with Crippen LogP contribution in [0.2, 0.25) is 5.02 Å². The van der Waals surface area contributed by atoms with Gasteiger partial charge in [0.1, 0.15) is 11.4 Å². The summed E-state index contributed by atoms with van der Waals surface area (Å²) in [6.07, 6.45) is 1.64. The second-order valence-corrected chi connectivity index (χ2v) is 6.01. The maximum Gasteiger partial charge on any atom is 0.339 e. The van der Waals surface area contributed by atoms with Crippen LogP contribution in [0, 0.1) is 0 Å². The van der Waals surface area contributed by atoms with Gasteiger partial charge < -0.3 is 10.0 Å². The average molecular weight is 405 g/mol. The first-order chi connectivity index (χ1) is 11.1. The molecule has 0 saturated carbocycles. The maximum atomic E-state index is 11.3. The largest absolute Gasteiger partial charge is 0.478 e. The van der Waals surface area contributed by atoms with E-state index in [2.05, 4.69) is 9.88 Å². The van der Waals surface area contributed by atoms with Crippen molar-refractivity contribution in [3.05, 3.63) is 58.7 Å². The van der Waals surface area contributed by atoms with E-state index in [1.807, 2.05) is 29.2 Å². The Morgan fingerprint density at radius 1 is 1.08 bits per heavy atom. The van der Waals surface area contributed by atoms with Crippen molar-refractivity contribution in [2.24, 2.45) is 0 Å². The van der Waals surface area contributed by atoms with Crippen molar-refractivity contribution in [3.63, 3.8) is 0 Å². The highest BCUT2D eigenvalue weighted by Crippen LogP contribution is 2.20. The summed E-state index contributed by atoms with van der Waals surface area (Å²) >= 11 is 5.91. The molecular formula is C17H20Cl3N3O2. The number of nitrogens with zero attached hydrogens (tertiary/aromatic N) is 3. The predicted octanol–water partition coefficient (Wildman–Crippen LogP) is 3.60. The van der Waals surface area contributed by atoms with E-state index < -0.39 is 5.97 Å². The zero-order valence-electron chi connectivity index (χ0n) is 13.5. The van der Waals surface area contributed by atoms with Crippen molar-refractivity contribution in [1.82, 2.24) is 9.88 Å².